The van der Waals surface area contributed by atoms with Gasteiger partial charge in [-0.1, -0.05) is 12.1 Å². The number of hydrogen-bond acceptors (Lipinski definition) is 4. The van der Waals surface area contributed by atoms with Crippen LogP contribution >= 0.6 is 0 Å². The Morgan fingerprint density at radius 1 is 1.23 bits per heavy atom. The lowest BCUT2D eigenvalue weighted by atomic mass is 10.2. The Balaban J connectivity index is 2.81. The first-order chi connectivity index (χ1) is 6.31. The molecule has 66 valence electrons. The number of fused-ring (bicyclic) bond motifs is 1. The van der Waals surface area contributed by atoms with Crippen LogP contribution in [-0.4, -0.2) is 17.0 Å². The molecule has 1 aromatic heterocycles. The van der Waals surface area contributed by atoms with Crippen LogP contribution in [0.2, 0.25) is 0 Å². The maximum atomic E-state index is 5.54. The second kappa shape index (κ2) is 2.90. The normalized spacial score (nSPS) is 10.2. The monoisotopic (exact) mass is 174 g/mol. The third kappa shape index (κ3) is 1.26. The summed E-state index contributed by atoms with van der Waals surface area (Å²) < 4.78 is 0. The summed E-state index contributed by atoms with van der Waals surface area (Å²) in [7, 11) is 1.81. The Bertz CT molecular complexity index is 439. The van der Waals surface area contributed by atoms with Crippen molar-refractivity contribution in [2.45, 2.75) is 0 Å². The molecule has 0 saturated carbocycles. The molecular weight excluding hydrogens is 164 g/mol. The van der Waals surface area contributed by atoms with Gasteiger partial charge in [0.25, 0.3) is 0 Å². The summed E-state index contributed by atoms with van der Waals surface area (Å²) in [6.45, 7) is 0. The number of anilines is 2. The van der Waals surface area contributed by atoms with Crippen LogP contribution in [0.5, 0.6) is 0 Å². The van der Waals surface area contributed by atoms with Gasteiger partial charge in [0.15, 0.2) is 0 Å². The molecule has 3 N–H and O–H groups in total. The minimum Gasteiger partial charge on any atom is -0.372 e. The minimum absolute atomic E-state index is 0.294. The van der Waals surface area contributed by atoms with Crippen LogP contribution in [0.25, 0.3) is 10.9 Å². The van der Waals surface area contributed by atoms with Gasteiger partial charge in [-0.3, -0.25) is 0 Å². The Hall–Kier alpha value is -1.84. The molecule has 13 heavy (non-hydrogen) atoms. The summed E-state index contributed by atoms with van der Waals surface area (Å²) in [5.41, 5.74) is 6.40. The molecule has 0 saturated heterocycles. The van der Waals surface area contributed by atoms with Crippen LogP contribution in [0.1, 0.15) is 0 Å². The molecule has 0 radical (unpaired) electrons. The van der Waals surface area contributed by atoms with Crippen molar-refractivity contribution in [3.8, 4) is 0 Å². The van der Waals surface area contributed by atoms with Crippen LogP contribution in [0, 0.1) is 0 Å². The van der Waals surface area contributed by atoms with E-state index in [-0.39, 0.29) is 0 Å². The van der Waals surface area contributed by atoms with E-state index in [1.807, 2.05) is 31.3 Å². The highest BCUT2D eigenvalue weighted by atomic mass is 15.1. The zero-order valence-corrected chi connectivity index (χ0v) is 7.28. The highest BCUT2D eigenvalue weighted by Gasteiger charge is 2.02. The summed E-state index contributed by atoms with van der Waals surface area (Å²) in [4.78, 5) is 8.19. The predicted molar refractivity (Wildman–Crippen MR) is 53.5 cm³/mol. The number of nitrogens with zero attached hydrogens (tertiary/aromatic N) is 2. The lowest BCUT2D eigenvalue weighted by Gasteiger charge is -2.04. The molecule has 4 heteroatoms. The van der Waals surface area contributed by atoms with Crippen molar-refractivity contribution < 1.29 is 0 Å². The van der Waals surface area contributed by atoms with Crippen LogP contribution in [0.4, 0.5) is 11.8 Å². The largest absolute Gasteiger partial charge is 0.372 e. The fourth-order valence-corrected chi connectivity index (χ4v) is 1.29. The standard InChI is InChI=1S/C9H10N4/c1-11-8-6-4-2-3-5-7(6)12-9(10)13-8/h2-5H,1H3,(H3,10,11,12,13). The van der Waals surface area contributed by atoms with Crippen molar-refractivity contribution >= 4 is 22.7 Å². The van der Waals surface area contributed by atoms with Crippen molar-refractivity contribution in [3.63, 3.8) is 0 Å². The molecule has 0 aliphatic carbocycles. The average molecular weight is 174 g/mol. The number of benzene rings is 1. The molecule has 0 aliphatic heterocycles. The maximum absolute atomic E-state index is 5.54. The number of nitrogens with two attached hydrogens (primary N) is 1. The Kier molecular flexibility index (Phi) is 1.73. The maximum Gasteiger partial charge on any atom is 0.222 e. The first-order valence-electron chi connectivity index (χ1n) is 4.01. The van der Waals surface area contributed by atoms with Gasteiger partial charge < -0.3 is 11.1 Å². The molecule has 0 fully saturated rings. The number of aromatic nitrogens is 2. The molecule has 2 rings (SSSR count). The third-order valence-electron chi connectivity index (χ3n) is 1.86. The van der Waals surface area contributed by atoms with Crippen molar-refractivity contribution in [2.75, 3.05) is 18.1 Å². The Morgan fingerprint density at radius 3 is 2.77 bits per heavy atom. The van der Waals surface area contributed by atoms with Crippen molar-refractivity contribution in [1.82, 2.24) is 9.97 Å². The van der Waals surface area contributed by atoms with Crippen molar-refractivity contribution in [2.24, 2.45) is 0 Å². The molecule has 0 amide bonds. The van der Waals surface area contributed by atoms with Gasteiger partial charge in [0, 0.05) is 12.4 Å². The third-order valence-corrected chi connectivity index (χ3v) is 1.86. The first kappa shape index (κ1) is 7.79. The van der Waals surface area contributed by atoms with Crippen molar-refractivity contribution in [1.29, 1.82) is 0 Å². The highest BCUT2D eigenvalue weighted by Crippen LogP contribution is 2.19. The predicted octanol–water partition coefficient (Wildman–Crippen LogP) is 1.25. The summed E-state index contributed by atoms with van der Waals surface area (Å²) in [5, 5.41) is 3.97. The van der Waals surface area contributed by atoms with E-state index >= 15 is 0 Å². The first-order valence-corrected chi connectivity index (χ1v) is 4.01. The second-order valence-electron chi connectivity index (χ2n) is 2.70. The molecule has 0 unspecified atom stereocenters. The minimum atomic E-state index is 0.294. The number of nitrogens with one attached hydrogen (secondary N) is 1. The molecule has 0 aliphatic rings. The van der Waals surface area contributed by atoms with Gasteiger partial charge in [0.2, 0.25) is 5.95 Å². The molecular formula is C9H10N4. The van der Waals surface area contributed by atoms with E-state index in [1.54, 1.807) is 0 Å². The van der Waals surface area contributed by atoms with E-state index in [0.717, 1.165) is 16.7 Å². The van der Waals surface area contributed by atoms with E-state index in [4.69, 9.17) is 5.73 Å². The fourth-order valence-electron chi connectivity index (χ4n) is 1.29. The van der Waals surface area contributed by atoms with E-state index in [0.29, 0.717) is 5.95 Å². The smallest absolute Gasteiger partial charge is 0.222 e. The SMILES string of the molecule is CNc1nc(N)nc2ccccc12. The fraction of sp³-hybridized carbons (Fsp3) is 0.111. The number of para-hydroxylation sites is 1. The zero-order valence-electron chi connectivity index (χ0n) is 7.28. The van der Waals surface area contributed by atoms with Gasteiger partial charge in [0.05, 0.1) is 5.52 Å². The van der Waals surface area contributed by atoms with Gasteiger partial charge in [0.1, 0.15) is 5.82 Å². The summed E-state index contributed by atoms with van der Waals surface area (Å²) in [5.74, 6) is 1.06. The number of hydrogen-bond donors (Lipinski definition) is 2. The summed E-state index contributed by atoms with van der Waals surface area (Å²) >= 11 is 0. The lowest BCUT2D eigenvalue weighted by molar-refractivity contribution is 1.22. The quantitative estimate of drug-likeness (QED) is 0.683. The van der Waals surface area contributed by atoms with Gasteiger partial charge in [-0.05, 0) is 12.1 Å². The van der Waals surface area contributed by atoms with Gasteiger partial charge in [-0.15, -0.1) is 0 Å². The average Bonchev–Trinajstić information content (AvgIpc) is 2.16. The van der Waals surface area contributed by atoms with Crippen LogP contribution in [0.3, 0.4) is 0 Å². The van der Waals surface area contributed by atoms with Gasteiger partial charge in [-0.2, -0.15) is 4.98 Å². The molecule has 0 bridgehead atoms. The van der Waals surface area contributed by atoms with E-state index in [1.165, 1.54) is 0 Å². The van der Waals surface area contributed by atoms with Gasteiger partial charge in [-0.25, -0.2) is 4.98 Å². The molecule has 4 nitrogen and oxygen atoms in total. The van der Waals surface area contributed by atoms with Crippen LogP contribution in [0.15, 0.2) is 24.3 Å². The van der Waals surface area contributed by atoms with Crippen LogP contribution in [-0.2, 0) is 0 Å². The number of nitrogen functional groups attached to an aromatic ring is 1. The molecule has 1 aromatic carbocycles. The van der Waals surface area contributed by atoms with E-state index in [9.17, 15) is 0 Å². The van der Waals surface area contributed by atoms with E-state index < -0.39 is 0 Å². The molecule has 2 aromatic rings. The lowest BCUT2D eigenvalue weighted by Crippen LogP contribution is -2.00. The Morgan fingerprint density at radius 2 is 2.00 bits per heavy atom. The topological polar surface area (TPSA) is 63.8 Å². The van der Waals surface area contributed by atoms with Gasteiger partial charge >= 0.3 is 0 Å². The molecule has 0 atom stereocenters. The summed E-state index contributed by atoms with van der Waals surface area (Å²) in [6, 6.07) is 7.74. The second-order valence-corrected chi connectivity index (χ2v) is 2.70. The molecule has 0 spiro atoms. The Labute approximate surface area is 75.8 Å². The summed E-state index contributed by atoms with van der Waals surface area (Å²) in [6.07, 6.45) is 0. The zero-order chi connectivity index (χ0) is 9.26. The molecule has 1 heterocycles. The van der Waals surface area contributed by atoms with Crippen molar-refractivity contribution in [3.05, 3.63) is 24.3 Å². The van der Waals surface area contributed by atoms with E-state index in [2.05, 4.69) is 15.3 Å². The number of rotatable bonds is 1. The van der Waals surface area contributed by atoms with Crippen LogP contribution < -0.4 is 11.1 Å². The highest BCUT2D eigenvalue weighted by molar-refractivity contribution is 5.89.